The number of allylic oxidation sites excluding steroid dienone is 1. The number of β-lactam (4-membered cyclic amide) rings is 1. The van der Waals surface area contributed by atoms with Crippen LogP contribution in [0.4, 0.5) is 5.13 Å². The molecular formula is C23H24N7O5S2+. The maximum Gasteiger partial charge on any atom is 0.336 e. The number of carbonyl (C=O) groups excluding carboxylic acids is 2. The molecule has 2 unspecified atom stereocenters. The van der Waals surface area contributed by atoms with E-state index in [4.69, 9.17) is 15.7 Å². The normalized spacial score (nSPS) is 23.1. The number of oxime groups is 1. The summed E-state index contributed by atoms with van der Waals surface area (Å²) in [7, 11) is 0. The lowest BCUT2D eigenvalue weighted by Crippen LogP contribution is -2.69. The third-order valence-corrected chi connectivity index (χ3v) is 7.93. The van der Waals surface area contributed by atoms with E-state index in [0.29, 0.717) is 12.3 Å². The largest absolute Gasteiger partial charge is 0.478 e. The highest BCUT2D eigenvalue weighted by molar-refractivity contribution is 8.00. The van der Waals surface area contributed by atoms with Gasteiger partial charge in [0.1, 0.15) is 17.5 Å². The van der Waals surface area contributed by atoms with Crippen molar-refractivity contribution in [2.75, 3.05) is 11.5 Å². The van der Waals surface area contributed by atoms with Crippen LogP contribution in [0.15, 0.2) is 53.6 Å². The average Bonchev–Trinajstić information content (AvgIpc) is 3.34. The number of anilines is 1. The molecule has 12 nitrogen and oxygen atoms in total. The lowest BCUT2D eigenvalue weighted by molar-refractivity contribution is -0.689. The van der Waals surface area contributed by atoms with Crippen LogP contribution in [0.3, 0.4) is 0 Å². The van der Waals surface area contributed by atoms with Crippen LogP contribution in [-0.4, -0.2) is 66.1 Å². The number of carbonyl (C=O) groups is 3. The number of carboxylic acids is 1. The minimum absolute atomic E-state index is 0.0489. The van der Waals surface area contributed by atoms with Crippen molar-refractivity contribution in [2.24, 2.45) is 5.16 Å². The van der Waals surface area contributed by atoms with Gasteiger partial charge in [0, 0.05) is 41.2 Å². The molecule has 192 valence electrons. The zero-order valence-corrected chi connectivity index (χ0v) is 21.2. The number of fused-ring (bicyclic) bond motifs is 1. The Morgan fingerprint density at radius 2 is 2.16 bits per heavy atom. The summed E-state index contributed by atoms with van der Waals surface area (Å²) in [6.45, 7) is 0.515. The summed E-state index contributed by atoms with van der Waals surface area (Å²) in [6.07, 6.45) is 11.6. The maximum absolute atomic E-state index is 13.1. The Labute approximate surface area is 220 Å². The first kappa shape index (κ1) is 24.9. The fourth-order valence-corrected chi connectivity index (χ4v) is 5.79. The molecule has 1 fully saturated rings. The van der Waals surface area contributed by atoms with Crippen molar-refractivity contribution in [2.45, 2.75) is 43.3 Å². The van der Waals surface area contributed by atoms with Gasteiger partial charge in [0.25, 0.3) is 11.8 Å². The molecule has 2 aromatic rings. The Kier molecular flexibility index (Phi) is 7.19. The summed E-state index contributed by atoms with van der Waals surface area (Å²) >= 11 is 2.48. The highest BCUT2D eigenvalue weighted by Gasteiger charge is 2.50. The predicted molar refractivity (Wildman–Crippen MR) is 135 cm³/mol. The van der Waals surface area contributed by atoms with E-state index in [-0.39, 0.29) is 39.6 Å². The van der Waals surface area contributed by atoms with Gasteiger partial charge >= 0.3 is 5.97 Å². The van der Waals surface area contributed by atoms with Crippen LogP contribution in [-0.2, 0) is 21.0 Å². The number of nitrogen functional groups attached to an aromatic ring is 1. The number of aromatic carboxylic acids is 1. The molecule has 2 amide bonds. The molecule has 0 radical (unpaired) electrons. The number of rotatable bonds is 8. The first-order valence-electron chi connectivity index (χ1n) is 11.6. The third kappa shape index (κ3) is 5.49. The summed E-state index contributed by atoms with van der Waals surface area (Å²) in [5, 5.41) is 15.8. The second-order valence-corrected chi connectivity index (χ2v) is 10.5. The van der Waals surface area contributed by atoms with Crippen LogP contribution >= 0.6 is 23.3 Å². The number of nitrogens with zero attached hydrogens (tertiary/aromatic N) is 5. The van der Waals surface area contributed by atoms with Crippen LogP contribution in [0, 0.1) is 0 Å². The van der Waals surface area contributed by atoms with E-state index in [1.165, 1.54) is 23.9 Å². The van der Waals surface area contributed by atoms with Crippen LogP contribution < -0.4 is 15.6 Å². The van der Waals surface area contributed by atoms with Crippen molar-refractivity contribution in [3.8, 4) is 0 Å². The first-order chi connectivity index (χ1) is 17.9. The molecule has 3 atom stereocenters. The van der Waals surface area contributed by atoms with Crippen molar-refractivity contribution in [3.05, 3.63) is 59.8 Å². The average molecular weight is 543 g/mol. The zero-order valence-electron chi connectivity index (χ0n) is 19.5. The van der Waals surface area contributed by atoms with E-state index >= 15 is 0 Å². The van der Waals surface area contributed by atoms with Gasteiger partial charge in [0.2, 0.25) is 11.5 Å². The summed E-state index contributed by atoms with van der Waals surface area (Å²) < 4.78 is 5.94. The number of pyridine rings is 1. The quantitative estimate of drug-likeness (QED) is 0.145. The van der Waals surface area contributed by atoms with Gasteiger partial charge in [-0.2, -0.15) is 9.36 Å². The summed E-state index contributed by atoms with van der Waals surface area (Å²) in [5.74, 6) is -1.14. The molecule has 2 aliphatic heterocycles. The molecule has 0 saturated carbocycles. The molecule has 0 bridgehead atoms. The molecule has 3 aliphatic rings. The Bertz CT molecular complexity index is 1310. The zero-order chi connectivity index (χ0) is 25.9. The number of hydrogen-bond donors (Lipinski definition) is 3. The van der Waals surface area contributed by atoms with Crippen molar-refractivity contribution in [1.82, 2.24) is 19.6 Å². The number of amides is 2. The highest BCUT2D eigenvalue weighted by atomic mass is 32.2. The molecule has 4 N–H and O–H groups in total. The maximum atomic E-state index is 13.1. The van der Waals surface area contributed by atoms with E-state index in [2.05, 4.69) is 19.8 Å². The van der Waals surface area contributed by atoms with E-state index in [0.717, 1.165) is 36.4 Å². The Morgan fingerprint density at radius 3 is 2.84 bits per heavy atom. The van der Waals surface area contributed by atoms with E-state index in [9.17, 15) is 14.4 Å². The number of hydrogen-bond acceptors (Lipinski definition) is 10. The molecular weight excluding hydrogens is 518 g/mol. The molecule has 0 aromatic carbocycles. The Morgan fingerprint density at radius 1 is 1.35 bits per heavy atom. The first-order valence-corrected chi connectivity index (χ1v) is 13.4. The number of carboxylic acid groups (broad SMARTS) is 1. The van der Waals surface area contributed by atoms with Crippen molar-refractivity contribution >= 4 is 51.9 Å². The van der Waals surface area contributed by atoms with Gasteiger partial charge in [-0.3, -0.25) is 9.59 Å². The van der Waals surface area contributed by atoms with E-state index in [1.54, 1.807) is 23.5 Å². The monoisotopic (exact) mass is 542 g/mol. The van der Waals surface area contributed by atoms with Gasteiger partial charge < -0.3 is 25.9 Å². The van der Waals surface area contributed by atoms with E-state index < -0.39 is 17.9 Å². The molecule has 14 heteroatoms. The molecule has 0 spiro atoms. The number of thioether (sulfide) groups is 1. The lowest BCUT2D eigenvalue weighted by atomic mass is 10.1. The predicted octanol–water partition coefficient (Wildman–Crippen LogP) is 0.919. The molecule has 37 heavy (non-hydrogen) atoms. The van der Waals surface area contributed by atoms with Gasteiger partial charge in [-0.1, -0.05) is 11.2 Å². The SMILES string of the molecule is Nc1nc(/C(=N/OC2C=CCCC2)C(=O)NC2C(=O)N3C=C(C[n+]4ccc(C(=O)O)cc4)CS[C@H]23)ns1. The van der Waals surface area contributed by atoms with Gasteiger partial charge in [-0.15, -0.1) is 11.8 Å². The number of nitrogens with two attached hydrogens (primary N) is 1. The molecule has 5 rings (SSSR count). The minimum atomic E-state index is -0.985. The van der Waals surface area contributed by atoms with Crippen molar-refractivity contribution in [3.63, 3.8) is 0 Å². The van der Waals surface area contributed by atoms with Crippen LogP contribution in [0.25, 0.3) is 0 Å². The van der Waals surface area contributed by atoms with Gasteiger partial charge in [-0.05, 0) is 25.3 Å². The van der Waals surface area contributed by atoms with Crippen molar-refractivity contribution < 1.29 is 28.9 Å². The topological polar surface area (TPSA) is 164 Å². The molecule has 1 saturated heterocycles. The molecule has 4 heterocycles. The fourth-order valence-electron chi connectivity index (χ4n) is 4.10. The third-order valence-electron chi connectivity index (χ3n) is 6.01. The lowest BCUT2D eigenvalue weighted by Gasteiger charge is -2.47. The Balaban J connectivity index is 1.24. The second kappa shape index (κ2) is 10.7. The summed E-state index contributed by atoms with van der Waals surface area (Å²) in [5.41, 5.74) is 6.77. The number of aromatic nitrogens is 3. The van der Waals surface area contributed by atoms with E-state index in [1.807, 2.05) is 16.7 Å². The fraction of sp³-hybridized carbons (Fsp3) is 0.348. The smallest absolute Gasteiger partial charge is 0.336 e. The second-order valence-electron chi connectivity index (χ2n) is 8.65. The van der Waals surface area contributed by atoms with Gasteiger partial charge in [-0.25, -0.2) is 9.36 Å². The van der Waals surface area contributed by atoms with Crippen LogP contribution in [0.5, 0.6) is 0 Å². The highest BCUT2D eigenvalue weighted by Crippen LogP contribution is 2.36. The van der Waals surface area contributed by atoms with Gasteiger partial charge in [0.15, 0.2) is 24.1 Å². The Hall–Kier alpha value is -3.78. The van der Waals surface area contributed by atoms with Crippen LogP contribution in [0.1, 0.15) is 35.4 Å². The number of nitrogens with one attached hydrogen (secondary N) is 1. The minimum Gasteiger partial charge on any atom is -0.478 e. The standard InChI is InChI=1S/C23H23N7O5S2/c24-23-26-18(28-37-23)16(27-35-15-4-2-1-3-5-15)19(31)25-17-20(32)30-11-13(12-36-21(17)30)10-29-8-6-14(7-9-29)22(33)34/h2,4,6-9,11,15,17,21H,1,3,5,10,12H2,(H3-,24,25,26,28,31,33,34)/p+1/b27-16-/t15?,17?,21-/m1/s1. The summed E-state index contributed by atoms with van der Waals surface area (Å²) in [6, 6.07) is 2.33. The van der Waals surface area contributed by atoms with Gasteiger partial charge in [0.05, 0.1) is 5.56 Å². The van der Waals surface area contributed by atoms with Crippen LogP contribution in [0.2, 0.25) is 0 Å². The molecule has 2 aromatic heterocycles. The molecule has 1 aliphatic carbocycles. The van der Waals surface area contributed by atoms with Crippen molar-refractivity contribution in [1.29, 1.82) is 0 Å². The summed E-state index contributed by atoms with van der Waals surface area (Å²) in [4.78, 5) is 48.3.